The van der Waals surface area contributed by atoms with E-state index in [1.54, 1.807) is 24.6 Å². The summed E-state index contributed by atoms with van der Waals surface area (Å²) in [5.74, 6) is 1.55. The molecule has 0 unspecified atom stereocenters. The average molecular weight is 317 g/mol. The van der Waals surface area contributed by atoms with E-state index in [2.05, 4.69) is 10.4 Å². The van der Waals surface area contributed by atoms with Crippen LogP contribution in [0.5, 0.6) is 5.88 Å². The number of carbonyl (C=O) groups is 1. The molecule has 0 atom stereocenters. The largest absolute Gasteiger partial charge is 0.479 e. The Labute approximate surface area is 131 Å². The zero-order valence-corrected chi connectivity index (χ0v) is 13.0. The molecule has 0 spiro atoms. The number of ether oxygens (including phenoxy) is 1. The SMILES string of the molecule is COc1nn(C)cc1C(=O)NCc1ccc(-c2cccs2)o1. The normalized spacial score (nSPS) is 10.6. The fourth-order valence-corrected chi connectivity index (χ4v) is 2.75. The van der Waals surface area contributed by atoms with Crippen LogP contribution in [-0.4, -0.2) is 22.8 Å². The molecule has 0 aliphatic carbocycles. The molecule has 0 radical (unpaired) electrons. The van der Waals surface area contributed by atoms with Crippen LogP contribution in [0.1, 0.15) is 16.1 Å². The Bertz CT molecular complexity index is 774. The lowest BCUT2D eigenvalue weighted by Crippen LogP contribution is -2.22. The third kappa shape index (κ3) is 2.89. The molecule has 1 N–H and O–H groups in total. The topological polar surface area (TPSA) is 69.3 Å². The number of nitrogens with one attached hydrogen (secondary N) is 1. The first-order valence-electron chi connectivity index (χ1n) is 6.66. The number of amides is 1. The number of rotatable bonds is 5. The minimum Gasteiger partial charge on any atom is -0.479 e. The molecule has 6 nitrogen and oxygen atoms in total. The van der Waals surface area contributed by atoms with Gasteiger partial charge in [-0.2, -0.15) is 0 Å². The third-order valence-electron chi connectivity index (χ3n) is 3.08. The van der Waals surface area contributed by atoms with Crippen molar-refractivity contribution in [2.24, 2.45) is 7.05 Å². The van der Waals surface area contributed by atoms with E-state index in [0.29, 0.717) is 23.7 Å². The fourth-order valence-electron chi connectivity index (χ4n) is 2.06. The van der Waals surface area contributed by atoms with Crippen molar-refractivity contribution in [1.82, 2.24) is 15.1 Å². The summed E-state index contributed by atoms with van der Waals surface area (Å²) in [5, 5.41) is 8.85. The van der Waals surface area contributed by atoms with Crippen LogP contribution in [0.25, 0.3) is 10.6 Å². The van der Waals surface area contributed by atoms with Gasteiger partial charge in [-0.15, -0.1) is 16.4 Å². The van der Waals surface area contributed by atoms with Crippen LogP contribution in [0.3, 0.4) is 0 Å². The molecule has 3 rings (SSSR count). The molecular weight excluding hydrogens is 302 g/mol. The molecular formula is C15H15N3O3S. The summed E-state index contributed by atoms with van der Waals surface area (Å²) in [7, 11) is 3.22. The maximum atomic E-state index is 12.2. The molecule has 0 aliphatic heterocycles. The van der Waals surface area contributed by atoms with E-state index in [4.69, 9.17) is 9.15 Å². The lowest BCUT2D eigenvalue weighted by molar-refractivity contribution is 0.0945. The lowest BCUT2D eigenvalue weighted by Gasteiger charge is -2.02. The minimum atomic E-state index is -0.251. The van der Waals surface area contributed by atoms with Gasteiger partial charge in [-0.3, -0.25) is 9.48 Å². The molecule has 0 aromatic carbocycles. The summed E-state index contributed by atoms with van der Waals surface area (Å²) >= 11 is 1.61. The van der Waals surface area contributed by atoms with E-state index in [1.165, 1.54) is 11.8 Å². The first-order chi connectivity index (χ1) is 10.7. The number of carbonyl (C=O) groups excluding carboxylic acids is 1. The highest BCUT2D eigenvalue weighted by molar-refractivity contribution is 7.13. The van der Waals surface area contributed by atoms with Gasteiger partial charge in [-0.1, -0.05) is 6.07 Å². The molecule has 3 aromatic rings. The molecule has 0 aliphatic rings. The van der Waals surface area contributed by atoms with Gasteiger partial charge in [0, 0.05) is 13.2 Å². The zero-order chi connectivity index (χ0) is 15.5. The van der Waals surface area contributed by atoms with E-state index in [1.807, 2.05) is 29.6 Å². The lowest BCUT2D eigenvalue weighted by atomic mass is 10.3. The van der Waals surface area contributed by atoms with Gasteiger partial charge in [0.1, 0.15) is 17.1 Å². The van der Waals surface area contributed by atoms with Crippen molar-refractivity contribution in [3.05, 3.63) is 47.2 Å². The summed E-state index contributed by atoms with van der Waals surface area (Å²) in [6.45, 7) is 0.308. The first-order valence-corrected chi connectivity index (χ1v) is 7.54. The Morgan fingerprint density at radius 3 is 3.05 bits per heavy atom. The van der Waals surface area contributed by atoms with E-state index in [0.717, 1.165) is 10.6 Å². The quantitative estimate of drug-likeness (QED) is 0.785. The monoisotopic (exact) mass is 317 g/mol. The van der Waals surface area contributed by atoms with Crippen LogP contribution in [-0.2, 0) is 13.6 Å². The Morgan fingerprint density at radius 1 is 1.45 bits per heavy atom. The van der Waals surface area contributed by atoms with Gasteiger partial charge in [-0.25, -0.2) is 0 Å². The second kappa shape index (κ2) is 6.07. The smallest absolute Gasteiger partial charge is 0.258 e. The predicted molar refractivity (Wildman–Crippen MR) is 83.0 cm³/mol. The molecule has 0 saturated carbocycles. The molecule has 3 aromatic heterocycles. The van der Waals surface area contributed by atoms with Crippen molar-refractivity contribution in [1.29, 1.82) is 0 Å². The summed E-state index contributed by atoms with van der Waals surface area (Å²) < 4.78 is 12.3. The fraction of sp³-hybridized carbons (Fsp3) is 0.200. The maximum Gasteiger partial charge on any atom is 0.258 e. The third-order valence-corrected chi connectivity index (χ3v) is 3.97. The predicted octanol–water partition coefficient (Wildman–Crippen LogP) is 2.68. The number of aryl methyl sites for hydroxylation is 1. The van der Waals surface area contributed by atoms with Crippen molar-refractivity contribution in [2.75, 3.05) is 7.11 Å². The van der Waals surface area contributed by atoms with Gasteiger partial charge in [0.2, 0.25) is 5.88 Å². The minimum absolute atomic E-state index is 0.251. The molecule has 0 fully saturated rings. The van der Waals surface area contributed by atoms with Crippen LogP contribution in [0, 0.1) is 0 Å². The molecule has 114 valence electrons. The second-order valence-electron chi connectivity index (χ2n) is 4.65. The number of aromatic nitrogens is 2. The highest BCUT2D eigenvalue weighted by Gasteiger charge is 2.16. The molecule has 22 heavy (non-hydrogen) atoms. The summed E-state index contributed by atoms with van der Waals surface area (Å²) in [4.78, 5) is 13.2. The molecule has 1 amide bonds. The summed E-state index contributed by atoms with van der Waals surface area (Å²) in [5.41, 5.74) is 0.398. The molecule has 0 bridgehead atoms. The number of nitrogens with zero attached hydrogens (tertiary/aromatic N) is 2. The Hall–Kier alpha value is -2.54. The number of hydrogen-bond donors (Lipinski definition) is 1. The van der Waals surface area contributed by atoms with E-state index < -0.39 is 0 Å². The summed E-state index contributed by atoms with van der Waals surface area (Å²) in [6, 6.07) is 7.72. The Balaban J connectivity index is 1.66. The van der Waals surface area contributed by atoms with Crippen molar-refractivity contribution in [3.8, 4) is 16.5 Å². The first kappa shape index (κ1) is 14.4. The molecule has 7 heteroatoms. The van der Waals surface area contributed by atoms with Gasteiger partial charge in [0.05, 0.1) is 18.5 Å². The number of furan rings is 1. The average Bonchev–Trinajstić information content (AvgIpc) is 3.24. The van der Waals surface area contributed by atoms with E-state index in [9.17, 15) is 4.79 Å². The van der Waals surface area contributed by atoms with Crippen molar-refractivity contribution >= 4 is 17.2 Å². The number of hydrogen-bond acceptors (Lipinski definition) is 5. The van der Waals surface area contributed by atoms with Crippen LogP contribution < -0.4 is 10.1 Å². The number of thiophene rings is 1. The Morgan fingerprint density at radius 2 is 2.32 bits per heavy atom. The standard InChI is InChI=1S/C15H15N3O3S/c1-18-9-11(15(17-18)20-2)14(19)16-8-10-5-6-12(21-10)13-4-3-7-22-13/h3-7,9H,8H2,1-2H3,(H,16,19). The van der Waals surface area contributed by atoms with Crippen molar-refractivity contribution in [2.45, 2.75) is 6.54 Å². The van der Waals surface area contributed by atoms with Gasteiger partial charge < -0.3 is 14.5 Å². The van der Waals surface area contributed by atoms with Crippen LogP contribution in [0.2, 0.25) is 0 Å². The van der Waals surface area contributed by atoms with Crippen LogP contribution in [0.15, 0.2) is 40.3 Å². The highest BCUT2D eigenvalue weighted by Crippen LogP contribution is 2.26. The highest BCUT2D eigenvalue weighted by atomic mass is 32.1. The van der Waals surface area contributed by atoms with Crippen LogP contribution in [0.4, 0.5) is 0 Å². The molecule has 3 heterocycles. The van der Waals surface area contributed by atoms with Crippen molar-refractivity contribution < 1.29 is 13.9 Å². The van der Waals surface area contributed by atoms with Gasteiger partial charge >= 0.3 is 0 Å². The van der Waals surface area contributed by atoms with Gasteiger partial charge in [0.25, 0.3) is 5.91 Å². The van der Waals surface area contributed by atoms with Gasteiger partial charge in [-0.05, 0) is 23.6 Å². The second-order valence-corrected chi connectivity index (χ2v) is 5.60. The van der Waals surface area contributed by atoms with E-state index in [-0.39, 0.29) is 5.91 Å². The number of methoxy groups -OCH3 is 1. The Kier molecular flexibility index (Phi) is 3.97. The van der Waals surface area contributed by atoms with Crippen LogP contribution >= 0.6 is 11.3 Å². The zero-order valence-electron chi connectivity index (χ0n) is 12.2. The van der Waals surface area contributed by atoms with Gasteiger partial charge in [0.15, 0.2) is 0 Å². The van der Waals surface area contributed by atoms with Crippen molar-refractivity contribution in [3.63, 3.8) is 0 Å². The molecule has 0 saturated heterocycles. The summed E-state index contributed by atoms with van der Waals surface area (Å²) in [6.07, 6.45) is 1.62. The maximum absolute atomic E-state index is 12.2. The van der Waals surface area contributed by atoms with E-state index >= 15 is 0 Å².